The van der Waals surface area contributed by atoms with Crippen molar-refractivity contribution in [3.63, 3.8) is 0 Å². The van der Waals surface area contributed by atoms with Gasteiger partial charge in [0.05, 0.1) is 21.3 Å². The van der Waals surface area contributed by atoms with Gasteiger partial charge in [0.15, 0.2) is 11.5 Å². The number of anilines is 2. The molecule has 10 heteroatoms. The Morgan fingerprint density at radius 2 is 1.65 bits per heavy atom. The maximum Gasteiger partial charge on any atom is 0.257 e. The van der Waals surface area contributed by atoms with Crippen molar-refractivity contribution < 1.29 is 19.0 Å². The molecule has 2 aromatic carbocycles. The number of nitrogens with zero attached hydrogens (tertiary/aromatic N) is 4. The second-order valence-electron chi connectivity index (χ2n) is 7.78. The maximum atomic E-state index is 12.8. The maximum absolute atomic E-state index is 12.8. The quantitative estimate of drug-likeness (QED) is 0.497. The molecule has 3 aromatic rings. The molecule has 180 valence electrons. The Balaban J connectivity index is 1.30. The van der Waals surface area contributed by atoms with Crippen LogP contribution in [0.5, 0.6) is 17.2 Å². The summed E-state index contributed by atoms with van der Waals surface area (Å²) in [5, 5.41) is 12.6. The van der Waals surface area contributed by atoms with E-state index in [1.54, 1.807) is 12.1 Å². The smallest absolute Gasteiger partial charge is 0.257 e. The van der Waals surface area contributed by atoms with E-state index in [2.05, 4.69) is 49.6 Å². The summed E-state index contributed by atoms with van der Waals surface area (Å²) in [5.74, 6) is 0.943. The molecular formula is C24H29N5O4S. The van der Waals surface area contributed by atoms with Crippen molar-refractivity contribution in [3.05, 3.63) is 53.0 Å². The van der Waals surface area contributed by atoms with Gasteiger partial charge in [0, 0.05) is 50.4 Å². The molecule has 1 aliphatic heterocycles. The summed E-state index contributed by atoms with van der Waals surface area (Å²) >= 11 is 1.39. The van der Waals surface area contributed by atoms with Crippen molar-refractivity contribution in [2.24, 2.45) is 0 Å². The van der Waals surface area contributed by atoms with Crippen molar-refractivity contribution in [1.29, 1.82) is 0 Å². The lowest BCUT2D eigenvalue weighted by Gasteiger charge is -2.36. The number of nitrogens with one attached hydrogen (secondary N) is 1. The molecule has 1 amide bonds. The van der Waals surface area contributed by atoms with Crippen molar-refractivity contribution in [3.8, 4) is 17.2 Å². The minimum atomic E-state index is -0.320. The predicted molar refractivity (Wildman–Crippen MR) is 133 cm³/mol. The number of benzene rings is 2. The van der Waals surface area contributed by atoms with Crippen LogP contribution in [0.3, 0.4) is 0 Å². The molecule has 0 radical (unpaired) electrons. The van der Waals surface area contributed by atoms with Crippen LogP contribution in [0.25, 0.3) is 0 Å². The molecule has 0 atom stereocenters. The minimum Gasteiger partial charge on any atom is -0.493 e. The van der Waals surface area contributed by atoms with Gasteiger partial charge in [0.1, 0.15) is 5.01 Å². The highest BCUT2D eigenvalue weighted by molar-refractivity contribution is 7.15. The topological polar surface area (TPSA) is 89.0 Å². The van der Waals surface area contributed by atoms with Gasteiger partial charge in [-0.1, -0.05) is 29.5 Å². The van der Waals surface area contributed by atoms with E-state index in [0.717, 1.165) is 44.2 Å². The van der Waals surface area contributed by atoms with Crippen LogP contribution in [0.4, 0.5) is 10.8 Å². The molecule has 9 nitrogen and oxygen atoms in total. The van der Waals surface area contributed by atoms with Crippen LogP contribution >= 0.6 is 11.3 Å². The van der Waals surface area contributed by atoms with Crippen LogP contribution < -0.4 is 24.4 Å². The number of hydrogen-bond donors (Lipinski definition) is 1. The molecule has 1 fully saturated rings. The van der Waals surface area contributed by atoms with Gasteiger partial charge in [0.25, 0.3) is 5.91 Å². The predicted octanol–water partition coefficient (Wildman–Crippen LogP) is 3.18. The zero-order valence-electron chi connectivity index (χ0n) is 19.6. The van der Waals surface area contributed by atoms with Crippen molar-refractivity contribution >= 4 is 28.1 Å². The molecule has 1 N–H and O–H groups in total. The third-order valence-electron chi connectivity index (χ3n) is 5.75. The normalized spacial score (nSPS) is 14.0. The summed E-state index contributed by atoms with van der Waals surface area (Å²) in [4.78, 5) is 17.6. The molecule has 1 aromatic heterocycles. The first kappa shape index (κ1) is 23.8. The fourth-order valence-corrected chi connectivity index (χ4v) is 4.63. The molecular weight excluding hydrogens is 454 g/mol. The SMILES string of the molecule is COc1cc(C(=O)Nc2nnc(CCN3CCN(c4ccccc4)CC3)s2)cc(OC)c1OC. The van der Waals surface area contributed by atoms with E-state index < -0.39 is 0 Å². The molecule has 4 rings (SSSR count). The molecule has 1 saturated heterocycles. The Kier molecular flexibility index (Phi) is 7.81. The Labute approximate surface area is 203 Å². The van der Waals surface area contributed by atoms with E-state index in [0.29, 0.717) is 27.9 Å². The van der Waals surface area contributed by atoms with E-state index in [4.69, 9.17) is 14.2 Å². The molecule has 0 aliphatic carbocycles. The number of carbonyl (C=O) groups excluding carboxylic acids is 1. The zero-order chi connectivity index (χ0) is 23.9. The summed E-state index contributed by atoms with van der Waals surface area (Å²) in [5.41, 5.74) is 1.65. The number of ether oxygens (including phenoxy) is 3. The number of methoxy groups -OCH3 is 3. The summed E-state index contributed by atoms with van der Waals surface area (Å²) in [7, 11) is 4.54. The largest absolute Gasteiger partial charge is 0.493 e. The first-order chi connectivity index (χ1) is 16.6. The van der Waals surface area contributed by atoms with Gasteiger partial charge < -0.3 is 19.1 Å². The summed E-state index contributed by atoms with van der Waals surface area (Å²) in [6.07, 6.45) is 0.795. The van der Waals surface area contributed by atoms with Crippen LogP contribution in [0.2, 0.25) is 0 Å². The standard InChI is InChI=1S/C24H29N5O4S/c1-31-19-15-17(16-20(32-2)22(19)33-3)23(30)25-24-27-26-21(34-24)9-10-28-11-13-29(14-12-28)18-7-5-4-6-8-18/h4-8,15-16H,9-14H2,1-3H3,(H,25,27,30). The number of amides is 1. The van der Waals surface area contributed by atoms with E-state index in [9.17, 15) is 4.79 Å². The third kappa shape index (κ3) is 5.57. The first-order valence-electron chi connectivity index (χ1n) is 11.1. The van der Waals surface area contributed by atoms with Gasteiger partial charge in [-0.15, -0.1) is 10.2 Å². The number of aromatic nitrogens is 2. The molecule has 0 bridgehead atoms. The van der Waals surface area contributed by atoms with Crippen LogP contribution in [0, 0.1) is 0 Å². The van der Waals surface area contributed by atoms with Crippen LogP contribution in [0.1, 0.15) is 15.4 Å². The van der Waals surface area contributed by atoms with E-state index in [-0.39, 0.29) is 5.91 Å². The number of carbonyl (C=O) groups is 1. The van der Waals surface area contributed by atoms with Crippen LogP contribution in [-0.2, 0) is 6.42 Å². The fraction of sp³-hybridized carbons (Fsp3) is 0.375. The lowest BCUT2D eigenvalue weighted by atomic mass is 10.1. The number of para-hydroxylation sites is 1. The Morgan fingerprint density at radius 1 is 0.971 bits per heavy atom. The summed E-state index contributed by atoms with van der Waals surface area (Å²) in [6, 6.07) is 13.7. The molecule has 1 aliphatic rings. The Morgan fingerprint density at radius 3 is 2.26 bits per heavy atom. The zero-order valence-corrected chi connectivity index (χ0v) is 20.4. The van der Waals surface area contributed by atoms with E-state index in [1.165, 1.54) is 38.4 Å². The lowest BCUT2D eigenvalue weighted by Crippen LogP contribution is -2.46. The Bertz CT molecular complexity index is 1070. The second-order valence-corrected chi connectivity index (χ2v) is 8.85. The van der Waals surface area contributed by atoms with Crippen LogP contribution in [-0.4, -0.2) is 75.1 Å². The van der Waals surface area contributed by atoms with E-state index in [1.807, 2.05) is 6.07 Å². The lowest BCUT2D eigenvalue weighted by molar-refractivity contribution is 0.102. The summed E-state index contributed by atoms with van der Waals surface area (Å²) in [6.45, 7) is 4.96. The van der Waals surface area contributed by atoms with Crippen LogP contribution in [0.15, 0.2) is 42.5 Å². The molecule has 34 heavy (non-hydrogen) atoms. The highest BCUT2D eigenvalue weighted by Crippen LogP contribution is 2.38. The summed E-state index contributed by atoms with van der Waals surface area (Å²) < 4.78 is 16.0. The average Bonchev–Trinajstić information content (AvgIpc) is 3.34. The number of hydrogen-bond acceptors (Lipinski definition) is 9. The minimum absolute atomic E-state index is 0.320. The number of piperazine rings is 1. The van der Waals surface area contributed by atoms with Gasteiger partial charge >= 0.3 is 0 Å². The van der Waals surface area contributed by atoms with Crippen molar-refractivity contribution in [2.45, 2.75) is 6.42 Å². The monoisotopic (exact) mass is 483 g/mol. The van der Waals surface area contributed by atoms with Crippen molar-refractivity contribution in [1.82, 2.24) is 15.1 Å². The van der Waals surface area contributed by atoms with Crippen molar-refractivity contribution in [2.75, 3.05) is 64.3 Å². The van der Waals surface area contributed by atoms with Gasteiger partial charge in [-0.25, -0.2) is 0 Å². The Hall–Kier alpha value is -3.37. The first-order valence-corrected chi connectivity index (χ1v) is 11.9. The fourth-order valence-electron chi connectivity index (χ4n) is 3.91. The molecule has 0 unspecified atom stereocenters. The molecule has 0 spiro atoms. The molecule has 2 heterocycles. The third-order valence-corrected chi connectivity index (χ3v) is 6.65. The van der Waals surface area contributed by atoms with Gasteiger partial charge in [-0.2, -0.15) is 0 Å². The molecule has 0 saturated carbocycles. The highest BCUT2D eigenvalue weighted by atomic mass is 32.1. The average molecular weight is 484 g/mol. The van der Waals surface area contributed by atoms with Gasteiger partial charge in [0.2, 0.25) is 10.9 Å². The second kappa shape index (κ2) is 11.2. The number of rotatable bonds is 9. The van der Waals surface area contributed by atoms with E-state index >= 15 is 0 Å². The van der Waals surface area contributed by atoms with Gasteiger partial charge in [-0.3, -0.25) is 15.0 Å². The highest BCUT2D eigenvalue weighted by Gasteiger charge is 2.20. The van der Waals surface area contributed by atoms with Gasteiger partial charge in [-0.05, 0) is 24.3 Å².